The van der Waals surface area contributed by atoms with E-state index in [9.17, 15) is 10.2 Å². The predicted octanol–water partition coefficient (Wildman–Crippen LogP) is 2.89. The maximum Gasteiger partial charge on any atom is 0.167 e. The van der Waals surface area contributed by atoms with E-state index < -0.39 is 23.7 Å². The molecule has 1 saturated heterocycles. The third-order valence-corrected chi connectivity index (χ3v) is 8.44. The molecule has 33 heavy (non-hydrogen) atoms. The number of ether oxygens (including phenoxy) is 1. The van der Waals surface area contributed by atoms with E-state index in [4.69, 9.17) is 4.74 Å². The Kier molecular flexibility index (Phi) is 6.47. The first-order chi connectivity index (χ1) is 15.9. The van der Waals surface area contributed by atoms with E-state index in [-0.39, 0.29) is 12.6 Å². The Bertz CT molecular complexity index is 1250. The van der Waals surface area contributed by atoms with Gasteiger partial charge >= 0.3 is 0 Å². The van der Waals surface area contributed by atoms with Crippen LogP contribution in [0.25, 0.3) is 21.4 Å². The standard InChI is InChI=1S/C21H24N6O3S3/c1-10(8-32-21-26-12-5-3-4-6-14(12)33-21)23-18-15-19(25-11(2)24-18)27(9-22-15)20-17(31)16(29)13(7-28)30-20/h3-6,9-10,13,16-17,20,28-29,31H,7-8H2,1-2H3,(H,23,24,25)/t10-,13-,16-,17-,20-/m1/s1. The Labute approximate surface area is 204 Å². The van der Waals surface area contributed by atoms with Crippen molar-refractivity contribution < 1.29 is 14.9 Å². The van der Waals surface area contributed by atoms with Crippen molar-refractivity contribution in [1.82, 2.24) is 24.5 Å². The second-order valence-corrected chi connectivity index (χ2v) is 10.9. The van der Waals surface area contributed by atoms with E-state index in [2.05, 4.69) is 50.9 Å². The summed E-state index contributed by atoms with van der Waals surface area (Å²) in [5.41, 5.74) is 2.23. The lowest BCUT2D eigenvalue weighted by molar-refractivity contribution is -0.0430. The van der Waals surface area contributed by atoms with Crippen molar-refractivity contribution in [2.24, 2.45) is 0 Å². The summed E-state index contributed by atoms with van der Waals surface area (Å²) in [5.74, 6) is 2.03. The van der Waals surface area contributed by atoms with Crippen molar-refractivity contribution in [3.05, 3.63) is 36.4 Å². The monoisotopic (exact) mass is 504 g/mol. The molecule has 4 heterocycles. The first kappa shape index (κ1) is 22.8. The molecular weight excluding hydrogens is 480 g/mol. The van der Waals surface area contributed by atoms with Crippen molar-refractivity contribution in [3.63, 3.8) is 0 Å². The number of aliphatic hydroxyl groups excluding tert-OH is 2. The third-order valence-electron chi connectivity index (χ3n) is 5.44. The maximum atomic E-state index is 10.3. The smallest absolute Gasteiger partial charge is 0.167 e. The number of hydrogen-bond donors (Lipinski definition) is 4. The number of aliphatic hydroxyl groups is 2. The normalized spacial score (nSPS) is 24.0. The lowest BCUT2D eigenvalue weighted by atomic mass is 10.2. The number of thiol groups is 1. The molecule has 1 fully saturated rings. The molecule has 1 aromatic carbocycles. The number of nitrogens with zero attached hydrogens (tertiary/aromatic N) is 5. The van der Waals surface area contributed by atoms with Crippen molar-refractivity contribution in [2.75, 3.05) is 17.7 Å². The van der Waals surface area contributed by atoms with Gasteiger partial charge in [0.25, 0.3) is 0 Å². The molecule has 1 aliphatic rings. The molecule has 174 valence electrons. The molecule has 5 atom stereocenters. The van der Waals surface area contributed by atoms with E-state index in [0.717, 1.165) is 15.6 Å². The van der Waals surface area contributed by atoms with Crippen molar-refractivity contribution in [1.29, 1.82) is 0 Å². The Morgan fingerprint density at radius 1 is 1.30 bits per heavy atom. The zero-order valence-electron chi connectivity index (χ0n) is 18.0. The lowest BCUT2D eigenvalue weighted by Gasteiger charge is -2.18. The molecule has 0 radical (unpaired) electrons. The number of nitrogens with one attached hydrogen (secondary N) is 1. The van der Waals surface area contributed by atoms with Gasteiger partial charge in [-0.3, -0.25) is 4.57 Å². The summed E-state index contributed by atoms with van der Waals surface area (Å²) in [6, 6.07) is 8.24. The number of imidazole rings is 1. The minimum atomic E-state index is -0.888. The van der Waals surface area contributed by atoms with Gasteiger partial charge in [-0.25, -0.2) is 19.9 Å². The van der Waals surface area contributed by atoms with E-state index in [1.54, 1.807) is 34.0 Å². The van der Waals surface area contributed by atoms with Gasteiger partial charge in [-0.15, -0.1) is 11.3 Å². The molecule has 3 aromatic heterocycles. The summed E-state index contributed by atoms with van der Waals surface area (Å²) in [7, 11) is 0. The zero-order valence-corrected chi connectivity index (χ0v) is 20.5. The Balaban J connectivity index is 1.34. The summed E-state index contributed by atoms with van der Waals surface area (Å²) in [5, 5.41) is 22.7. The highest BCUT2D eigenvalue weighted by Crippen LogP contribution is 2.35. The van der Waals surface area contributed by atoms with Crippen LogP contribution in [0.5, 0.6) is 0 Å². The first-order valence-corrected chi connectivity index (χ1v) is 12.8. The molecule has 0 bridgehead atoms. The Morgan fingerprint density at radius 2 is 2.12 bits per heavy atom. The molecule has 9 nitrogen and oxygen atoms in total. The van der Waals surface area contributed by atoms with Crippen LogP contribution >= 0.6 is 35.7 Å². The SMILES string of the molecule is Cc1nc(N[C@H](C)CSc2nc3ccccc3s2)c2ncn([C@@H]3O[C@H](CO)[C@@H](O)[C@H]3S)c2n1. The maximum absolute atomic E-state index is 10.3. The van der Waals surface area contributed by atoms with E-state index >= 15 is 0 Å². The van der Waals surface area contributed by atoms with Gasteiger partial charge in [-0.05, 0) is 26.0 Å². The highest BCUT2D eigenvalue weighted by atomic mass is 32.2. The van der Waals surface area contributed by atoms with Crippen molar-refractivity contribution >= 4 is 62.9 Å². The lowest BCUT2D eigenvalue weighted by Crippen LogP contribution is -2.30. The fraction of sp³-hybridized carbons (Fsp3) is 0.429. The minimum Gasteiger partial charge on any atom is -0.394 e. The van der Waals surface area contributed by atoms with Crippen LogP contribution < -0.4 is 5.32 Å². The summed E-state index contributed by atoms with van der Waals surface area (Å²) < 4.78 is 9.78. The first-order valence-electron chi connectivity index (χ1n) is 10.5. The molecule has 0 unspecified atom stereocenters. The molecule has 0 aliphatic carbocycles. The van der Waals surface area contributed by atoms with Gasteiger partial charge in [-0.1, -0.05) is 23.9 Å². The van der Waals surface area contributed by atoms with E-state index in [1.807, 2.05) is 25.1 Å². The topological polar surface area (TPSA) is 118 Å². The predicted molar refractivity (Wildman–Crippen MR) is 133 cm³/mol. The Morgan fingerprint density at radius 3 is 2.88 bits per heavy atom. The number of hydrogen-bond acceptors (Lipinski definition) is 11. The van der Waals surface area contributed by atoms with E-state index in [0.29, 0.717) is 22.8 Å². The molecule has 0 saturated carbocycles. The molecule has 4 aromatic rings. The number of thiazole rings is 1. The number of para-hydroxylation sites is 1. The number of anilines is 1. The number of fused-ring (bicyclic) bond motifs is 2. The van der Waals surface area contributed by atoms with Crippen molar-refractivity contribution in [2.45, 2.75) is 47.9 Å². The highest BCUT2D eigenvalue weighted by Gasteiger charge is 2.43. The van der Waals surface area contributed by atoms with E-state index in [1.165, 1.54) is 4.70 Å². The van der Waals surface area contributed by atoms with Gasteiger partial charge in [0.1, 0.15) is 11.9 Å². The molecule has 12 heteroatoms. The van der Waals surface area contributed by atoms with Gasteiger partial charge in [-0.2, -0.15) is 12.6 Å². The summed E-state index contributed by atoms with van der Waals surface area (Å²) in [6.07, 6.45) is -0.569. The number of rotatable bonds is 7. The molecule has 1 aliphatic heterocycles. The molecule has 0 spiro atoms. The average molecular weight is 505 g/mol. The van der Waals surface area contributed by atoms with Crippen LogP contribution in [0.2, 0.25) is 0 Å². The summed E-state index contributed by atoms with van der Waals surface area (Å²) >= 11 is 7.89. The number of thioether (sulfide) groups is 1. The van der Waals surface area contributed by atoms with Crippen LogP contribution in [0.15, 0.2) is 34.9 Å². The van der Waals surface area contributed by atoms with Crippen LogP contribution in [0.3, 0.4) is 0 Å². The van der Waals surface area contributed by atoms with Crippen LogP contribution in [-0.2, 0) is 4.74 Å². The highest BCUT2D eigenvalue weighted by molar-refractivity contribution is 8.01. The third kappa shape index (κ3) is 4.43. The van der Waals surface area contributed by atoms with Crippen LogP contribution in [0.1, 0.15) is 19.0 Å². The second kappa shape index (κ2) is 9.35. The molecular formula is C21H24N6O3S3. The average Bonchev–Trinajstić information content (AvgIpc) is 3.48. The van der Waals surface area contributed by atoms with Crippen LogP contribution in [-0.4, -0.2) is 70.6 Å². The quantitative estimate of drug-likeness (QED) is 0.223. The van der Waals surface area contributed by atoms with Crippen molar-refractivity contribution in [3.8, 4) is 0 Å². The minimum absolute atomic E-state index is 0.102. The van der Waals surface area contributed by atoms with Crippen LogP contribution in [0, 0.1) is 6.92 Å². The van der Waals surface area contributed by atoms with Gasteiger partial charge < -0.3 is 20.3 Å². The summed E-state index contributed by atoms with van der Waals surface area (Å²) in [6.45, 7) is 3.63. The van der Waals surface area contributed by atoms with Gasteiger partial charge in [0.05, 0.1) is 34.5 Å². The van der Waals surface area contributed by atoms with Gasteiger partial charge in [0, 0.05) is 11.8 Å². The fourth-order valence-electron chi connectivity index (χ4n) is 3.81. The fourth-order valence-corrected chi connectivity index (χ4v) is 6.26. The molecule has 5 rings (SSSR count). The van der Waals surface area contributed by atoms with Crippen LogP contribution in [0.4, 0.5) is 5.82 Å². The number of aryl methyl sites for hydroxylation is 1. The number of aromatic nitrogens is 5. The summed E-state index contributed by atoms with van der Waals surface area (Å²) in [4.78, 5) is 18.3. The largest absolute Gasteiger partial charge is 0.394 e. The zero-order chi connectivity index (χ0) is 23.1. The van der Waals surface area contributed by atoms with Gasteiger partial charge in [0.15, 0.2) is 27.5 Å². The number of benzene rings is 1. The molecule has 3 N–H and O–H groups in total. The second-order valence-electron chi connectivity index (χ2n) is 7.98. The molecule has 0 amide bonds. The Hall–Kier alpha value is -1.96. The van der Waals surface area contributed by atoms with Gasteiger partial charge in [0.2, 0.25) is 0 Å².